The molecule has 0 aliphatic heterocycles. The van der Waals surface area contributed by atoms with Crippen LogP contribution in [0.3, 0.4) is 0 Å². The molecule has 5 heteroatoms. The molecule has 0 aliphatic rings. The molecular formula is C13H17NO4. The van der Waals surface area contributed by atoms with Crippen LogP contribution in [0.1, 0.15) is 22.8 Å². The molecule has 0 radical (unpaired) electrons. The lowest BCUT2D eigenvalue weighted by molar-refractivity contribution is -0.141. The van der Waals surface area contributed by atoms with Crippen molar-refractivity contribution in [2.45, 2.75) is 13.8 Å². The summed E-state index contributed by atoms with van der Waals surface area (Å²) in [5, 5.41) is 18.4. The zero-order valence-corrected chi connectivity index (χ0v) is 10.7. The average molecular weight is 251 g/mol. The van der Waals surface area contributed by atoms with E-state index in [2.05, 4.69) is 0 Å². The van der Waals surface area contributed by atoms with Crippen LogP contribution < -0.4 is 0 Å². The molecule has 0 aromatic heterocycles. The Balaban J connectivity index is 2.86. The fourth-order valence-electron chi connectivity index (χ4n) is 1.60. The van der Waals surface area contributed by atoms with Gasteiger partial charge in [0.25, 0.3) is 5.91 Å². The van der Waals surface area contributed by atoms with Crippen LogP contribution in [0.2, 0.25) is 0 Å². The highest BCUT2D eigenvalue weighted by Crippen LogP contribution is 2.20. The van der Waals surface area contributed by atoms with Gasteiger partial charge in [0.15, 0.2) is 0 Å². The van der Waals surface area contributed by atoms with E-state index in [-0.39, 0.29) is 23.8 Å². The summed E-state index contributed by atoms with van der Waals surface area (Å²) < 4.78 is 0. The average Bonchev–Trinajstić information content (AvgIpc) is 2.31. The number of phenols is 1. The fraction of sp³-hybridized carbons (Fsp3) is 0.385. The molecule has 1 amide bonds. The van der Waals surface area contributed by atoms with Crippen LogP contribution in [0.5, 0.6) is 5.75 Å². The van der Waals surface area contributed by atoms with Crippen molar-refractivity contribution in [1.82, 2.24) is 4.90 Å². The normalized spacial score (nSPS) is 11.9. The molecular weight excluding hydrogens is 234 g/mol. The molecule has 0 saturated heterocycles. The number of aromatic hydroxyl groups is 1. The third-order valence-electron chi connectivity index (χ3n) is 2.70. The van der Waals surface area contributed by atoms with Gasteiger partial charge >= 0.3 is 5.97 Å². The highest BCUT2D eigenvalue weighted by atomic mass is 16.4. The number of nitrogens with zero attached hydrogens (tertiary/aromatic N) is 1. The Kier molecular flexibility index (Phi) is 4.31. The molecule has 5 nitrogen and oxygen atoms in total. The van der Waals surface area contributed by atoms with Gasteiger partial charge in [-0.25, -0.2) is 0 Å². The minimum absolute atomic E-state index is 0.0968. The summed E-state index contributed by atoms with van der Waals surface area (Å²) in [6, 6.07) is 4.74. The number of phenolic OH excluding ortho intramolecular Hbond substituents is 1. The van der Waals surface area contributed by atoms with E-state index in [0.717, 1.165) is 5.56 Å². The summed E-state index contributed by atoms with van der Waals surface area (Å²) in [5.74, 6) is -2.08. The molecule has 1 aromatic rings. The molecule has 98 valence electrons. The molecule has 0 bridgehead atoms. The molecule has 0 fully saturated rings. The highest BCUT2D eigenvalue weighted by Gasteiger charge is 2.20. The van der Waals surface area contributed by atoms with E-state index in [0.29, 0.717) is 0 Å². The summed E-state index contributed by atoms with van der Waals surface area (Å²) in [4.78, 5) is 24.1. The largest absolute Gasteiger partial charge is 0.507 e. The molecule has 1 atom stereocenters. The van der Waals surface area contributed by atoms with Crippen molar-refractivity contribution in [3.05, 3.63) is 29.3 Å². The van der Waals surface area contributed by atoms with Crippen LogP contribution in [0.15, 0.2) is 18.2 Å². The second kappa shape index (κ2) is 5.53. The molecule has 1 unspecified atom stereocenters. The number of carboxylic acid groups (broad SMARTS) is 1. The first kappa shape index (κ1) is 14.0. The van der Waals surface area contributed by atoms with E-state index >= 15 is 0 Å². The third-order valence-corrected chi connectivity index (χ3v) is 2.70. The SMILES string of the molecule is Cc1ccc(O)c(C(=O)N(C)CC(C)C(=O)O)c1. The van der Waals surface area contributed by atoms with E-state index in [4.69, 9.17) is 5.11 Å². The first-order valence-corrected chi connectivity index (χ1v) is 5.60. The van der Waals surface area contributed by atoms with Crippen molar-refractivity contribution in [3.8, 4) is 5.75 Å². The van der Waals surface area contributed by atoms with E-state index in [1.165, 1.54) is 24.9 Å². The van der Waals surface area contributed by atoms with Crippen LogP contribution in [-0.2, 0) is 4.79 Å². The lowest BCUT2D eigenvalue weighted by Crippen LogP contribution is -2.33. The molecule has 0 saturated carbocycles. The number of hydrogen-bond donors (Lipinski definition) is 2. The minimum atomic E-state index is -0.955. The Hall–Kier alpha value is -2.04. The number of carbonyl (C=O) groups is 2. The molecule has 1 rings (SSSR count). The molecule has 0 aliphatic carbocycles. The van der Waals surface area contributed by atoms with Crippen LogP contribution in [0, 0.1) is 12.8 Å². The topological polar surface area (TPSA) is 77.8 Å². The van der Waals surface area contributed by atoms with Gasteiger partial charge in [0.05, 0.1) is 11.5 Å². The first-order chi connectivity index (χ1) is 8.32. The Bertz CT molecular complexity index is 470. The molecule has 0 heterocycles. The second-order valence-electron chi connectivity index (χ2n) is 4.45. The van der Waals surface area contributed by atoms with Crippen molar-refractivity contribution in [3.63, 3.8) is 0 Å². The van der Waals surface area contributed by atoms with Crippen LogP contribution in [0.4, 0.5) is 0 Å². The lowest BCUT2D eigenvalue weighted by atomic mass is 10.1. The summed E-state index contributed by atoms with van der Waals surface area (Å²) in [5.41, 5.74) is 1.05. The Morgan fingerprint density at radius 1 is 1.39 bits per heavy atom. The Labute approximate surface area is 106 Å². The van der Waals surface area contributed by atoms with Crippen molar-refractivity contribution < 1.29 is 19.8 Å². The van der Waals surface area contributed by atoms with Crippen LogP contribution >= 0.6 is 0 Å². The van der Waals surface area contributed by atoms with Gasteiger partial charge in [0.1, 0.15) is 5.75 Å². The van der Waals surface area contributed by atoms with Gasteiger partial charge in [-0.3, -0.25) is 9.59 Å². The van der Waals surface area contributed by atoms with Gasteiger partial charge in [0.2, 0.25) is 0 Å². The quantitative estimate of drug-likeness (QED) is 0.850. The van der Waals surface area contributed by atoms with Gasteiger partial charge in [-0.05, 0) is 19.1 Å². The number of rotatable bonds is 4. The van der Waals surface area contributed by atoms with Gasteiger partial charge in [0, 0.05) is 13.6 Å². The standard InChI is InChI=1S/C13H17NO4/c1-8-4-5-11(15)10(6-8)12(16)14(3)7-9(2)13(17)18/h4-6,9,15H,7H2,1-3H3,(H,17,18). The number of aryl methyl sites for hydroxylation is 1. The van der Waals surface area contributed by atoms with Gasteiger partial charge in [-0.15, -0.1) is 0 Å². The van der Waals surface area contributed by atoms with E-state index in [1.54, 1.807) is 12.1 Å². The zero-order valence-electron chi connectivity index (χ0n) is 10.7. The van der Waals surface area contributed by atoms with E-state index in [1.807, 2.05) is 6.92 Å². The summed E-state index contributed by atoms with van der Waals surface area (Å²) in [6.07, 6.45) is 0. The van der Waals surface area contributed by atoms with Gasteiger partial charge in [-0.2, -0.15) is 0 Å². The zero-order chi connectivity index (χ0) is 13.9. The van der Waals surface area contributed by atoms with E-state index in [9.17, 15) is 14.7 Å². The smallest absolute Gasteiger partial charge is 0.308 e. The minimum Gasteiger partial charge on any atom is -0.507 e. The van der Waals surface area contributed by atoms with Crippen LogP contribution in [-0.4, -0.2) is 40.6 Å². The molecule has 1 aromatic carbocycles. The summed E-state index contributed by atoms with van der Waals surface area (Å²) in [7, 11) is 1.52. The second-order valence-corrected chi connectivity index (χ2v) is 4.45. The molecule has 18 heavy (non-hydrogen) atoms. The van der Waals surface area contributed by atoms with Crippen molar-refractivity contribution in [2.24, 2.45) is 5.92 Å². The maximum Gasteiger partial charge on any atom is 0.308 e. The van der Waals surface area contributed by atoms with Crippen LogP contribution in [0.25, 0.3) is 0 Å². The summed E-state index contributed by atoms with van der Waals surface area (Å²) >= 11 is 0. The lowest BCUT2D eigenvalue weighted by Gasteiger charge is -2.20. The Morgan fingerprint density at radius 3 is 2.56 bits per heavy atom. The summed E-state index contributed by atoms with van der Waals surface area (Å²) in [6.45, 7) is 3.44. The van der Waals surface area contributed by atoms with Gasteiger partial charge in [-0.1, -0.05) is 18.6 Å². The highest BCUT2D eigenvalue weighted by molar-refractivity contribution is 5.97. The third kappa shape index (κ3) is 3.23. The maximum atomic E-state index is 12.0. The van der Waals surface area contributed by atoms with Gasteiger partial charge < -0.3 is 15.1 Å². The number of benzene rings is 1. The van der Waals surface area contributed by atoms with Crippen molar-refractivity contribution in [2.75, 3.05) is 13.6 Å². The predicted octanol–water partition coefficient (Wildman–Crippen LogP) is 1.49. The van der Waals surface area contributed by atoms with Crippen molar-refractivity contribution >= 4 is 11.9 Å². The monoisotopic (exact) mass is 251 g/mol. The number of hydrogen-bond acceptors (Lipinski definition) is 3. The Morgan fingerprint density at radius 2 is 2.00 bits per heavy atom. The number of carboxylic acids is 1. The maximum absolute atomic E-state index is 12.0. The number of aliphatic carboxylic acids is 1. The van der Waals surface area contributed by atoms with Crippen molar-refractivity contribution in [1.29, 1.82) is 0 Å². The predicted molar refractivity (Wildman–Crippen MR) is 66.6 cm³/mol. The number of amides is 1. The molecule has 0 spiro atoms. The van der Waals surface area contributed by atoms with E-state index < -0.39 is 11.9 Å². The number of carbonyl (C=O) groups excluding carboxylic acids is 1. The first-order valence-electron chi connectivity index (χ1n) is 5.60. The fourth-order valence-corrected chi connectivity index (χ4v) is 1.60. The molecule has 2 N–H and O–H groups in total.